The molecule has 0 bridgehead atoms. The van der Waals surface area contributed by atoms with Crippen LogP contribution in [-0.2, 0) is 6.54 Å². The highest BCUT2D eigenvalue weighted by Crippen LogP contribution is 2.21. The van der Waals surface area contributed by atoms with Crippen molar-refractivity contribution in [1.29, 1.82) is 0 Å². The fraction of sp³-hybridized carbons (Fsp3) is 0.583. The topological polar surface area (TPSA) is 28.2 Å². The van der Waals surface area contributed by atoms with Crippen molar-refractivity contribution in [3.8, 4) is 0 Å². The zero-order chi connectivity index (χ0) is 12.3. The number of pyridine rings is 1. The Hall–Kier alpha value is -0.350. The third kappa shape index (κ3) is 3.32. The number of hydrogen-bond acceptors (Lipinski definition) is 3. The van der Waals surface area contributed by atoms with Gasteiger partial charge in [0.2, 0.25) is 0 Å². The molecule has 1 unspecified atom stereocenters. The summed E-state index contributed by atoms with van der Waals surface area (Å²) in [6, 6.07) is 2.31. The molecule has 0 aliphatic carbocycles. The van der Waals surface area contributed by atoms with Gasteiger partial charge in [0.15, 0.2) is 0 Å². The summed E-state index contributed by atoms with van der Waals surface area (Å²) in [6.07, 6.45) is 2.97. The van der Waals surface area contributed by atoms with Crippen molar-refractivity contribution in [2.75, 3.05) is 19.6 Å². The summed E-state index contributed by atoms with van der Waals surface area (Å²) in [5.41, 5.74) is 1.05. The van der Waals surface area contributed by atoms with Gasteiger partial charge in [-0.25, -0.2) is 4.98 Å². The average Bonchev–Trinajstić information content (AvgIpc) is 2.81. The Morgan fingerprint density at radius 1 is 1.53 bits per heavy atom. The van der Waals surface area contributed by atoms with Crippen molar-refractivity contribution in [3.05, 3.63) is 28.0 Å². The molecule has 2 heterocycles. The van der Waals surface area contributed by atoms with Crippen molar-refractivity contribution in [1.82, 2.24) is 15.2 Å². The van der Waals surface area contributed by atoms with E-state index in [1.807, 2.05) is 0 Å². The number of likely N-dealkylation sites (N-methyl/N-ethyl adjacent to an activating group) is 1. The molecule has 5 heteroatoms. The molecule has 1 aliphatic rings. The first kappa shape index (κ1) is 13.1. The molecule has 1 N–H and O–H groups in total. The summed E-state index contributed by atoms with van der Waals surface area (Å²) in [4.78, 5) is 6.52. The van der Waals surface area contributed by atoms with Gasteiger partial charge in [0.25, 0.3) is 0 Å². The molecule has 1 aromatic heterocycles. The predicted molar refractivity (Wildman–Crippen MR) is 71.6 cm³/mol. The number of rotatable bonds is 4. The minimum Gasteiger partial charge on any atom is -0.315 e. The first-order chi connectivity index (χ1) is 8.20. The van der Waals surface area contributed by atoms with E-state index in [4.69, 9.17) is 23.2 Å². The summed E-state index contributed by atoms with van der Waals surface area (Å²) in [6.45, 7) is 6.20. The molecule has 17 heavy (non-hydrogen) atoms. The summed E-state index contributed by atoms with van der Waals surface area (Å²) >= 11 is 12.0. The van der Waals surface area contributed by atoms with Gasteiger partial charge < -0.3 is 5.32 Å². The standard InChI is InChI=1S/C12H17Cl2N3/c1-2-17(10-3-4-15-7-10)8-9-6-16-12(14)5-11(9)13/h5-6,10,15H,2-4,7-8H2,1H3. The van der Waals surface area contributed by atoms with E-state index in [0.717, 1.165) is 31.7 Å². The summed E-state index contributed by atoms with van der Waals surface area (Å²) in [5.74, 6) is 0. The van der Waals surface area contributed by atoms with Gasteiger partial charge in [-0.15, -0.1) is 0 Å². The van der Waals surface area contributed by atoms with Gasteiger partial charge in [-0.3, -0.25) is 4.90 Å². The number of nitrogens with zero attached hydrogens (tertiary/aromatic N) is 2. The van der Waals surface area contributed by atoms with Gasteiger partial charge >= 0.3 is 0 Å². The van der Waals surface area contributed by atoms with Gasteiger partial charge in [-0.05, 0) is 25.6 Å². The van der Waals surface area contributed by atoms with Crippen LogP contribution in [0.15, 0.2) is 12.3 Å². The molecule has 1 fully saturated rings. The molecule has 94 valence electrons. The molecule has 0 aromatic carbocycles. The second kappa shape index (κ2) is 6.01. The lowest BCUT2D eigenvalue weighted by Crippen LogP contribution is -2.36. The highest BCUT2D eigenvalue weighted by molar-refractivity contribution is 6.34. The molecule has 0 saturated carbocycles. The zero-order valence-corrected chi connectivity index (χ0v) is 11.4. The lowest BCUT2D eigenvalue weighted by atomic mass is 10.2. The van der Waals surface area contributed by atoms with Gasteiger partial charge in [0.1, 0.15) is 5.15 Å². The minimum atomic E-state index is 0.448. The van der Waals surface area contributed by atoms with Crippen LogP contribution in [0.4, 0.5) is 0 Å². The maximum absolute atomic E-state index is 6.17. The van der Waals surface area contributed by atoms with E-state index in [9.17, 15) is 0 Å². The molecule has 1 aliphatic heterocycles. The lowest BCUT2D eigenvalue weighted by Gasteiger charge is -2.27. The van der Waals surface area contributed by atoms with Crippen LogP contribution >= 0.6 is 23.2 Å². The third-order valence-corrected chi connectivity index (χ3v) is 3.79. The lowest BCUT2D eigenvalue weighted by molar-refractivity contribution is 0.210. The summed E-state index contributed by atoms with van der Waals surface area (Å²) in [7, 11) is 0. The third-order valence-electron chi connectivity index (χ3n) is 3.23. The van der Waals surface area contributed by atoms with E-state index in [-0.39, 0.29) is 0 Å². The van der Waals surface area contributed by atoms with Crippen LogP contribution in [-0.4, -0.2) is 35.6 Å². The van der Waals surface area contributed by atoms with Crippen LogP contribution < -0.4 is 5.32 Å². The fourth-order valence-electron chi connectivity index (χ4n) is 2.22. The van der Waals surface area contributed by atoms with Gasteiger partial charge in [0.05, 0.1) is 0 Å². The molecule has 2 rings (SSSR count). The highest BCUT2D eigenvalue weighted by Gasteiger charge is 2.21. The quantitative estimate of drug-likeness (QED) is 0.855. The predicted octanol–water partition coefficient (Wildman–Crippen LogP) is 2.57. The Labute approximate surface area is 112 Å². The number of aromatic nitrogens is 1. The second-order valence-electron chi connectivity index (χ2n) is 4.31. The van der Waals surface area contributed by atoms with Crippen LogP contribution in [0.2, 0.25) is 10.2 Å². The number of halogens is 2. The fourth-order valence-corrected chi connectivity index (χ4v) is 2.65. The molecule has 0 amide bonds. The minimum absolute atomic E-state index is 0.448. The highest BCUT2D eigenvalue weighted by atomic mass is 35.5. The molecule has 1 atom stereocenters. The maximum Gasteiger partial charge on any atom is 0.130 e. The first-order valence-electron chi connectivity index (χ1n) is 5.95. The van der Waals surface area contributed by atoms with Gasteiger partial charge in [-0.1, -0.05) is 30.1 Å². The Balaban J connectivity index is 2.06. The Morgan fingerprint density at radius 2 is 2.35 bits per heavy atom. The van der Waals surface area contributed by atoms with Crippen LogP contribution in [0, 0.1) is 0 Å². The van der Waals surface area contributed by atoms with Crippen molar-refractivity contribution in [3.63, 3.8) is 0 Å². The molecular formula is C12H17Cl2N3. The van der Waals surface area contributed by atoms with Crippen LogP contribution in [0.1, 0.15) is 18.9 Å². The Morgan fingerprint density at radius 3 is 2.94 bits per heavy atom. The van der Waals surface area contributed by atoms with Gasteiger partial charge in [-0.2, -0.15) is 0 Å². The van der Waals surface area contributed by atoms with E-state index >= 15 is 0 Å². The Bertz CT molecular complexity index is 378. The van der Waals surface area contributed by atoms with E-state index < -0.39 is 0 Å². The maximum atomic E-state index is 6.17. The van der Waals surface area contributed by atoms with Crippen molar-refractivity contribution < 1.29 is 0 Å². The smallest absolute Gasteiger partial charge is 0.130 e. The summed E-state index contributed by atoms with van der Waals surface area (Å²) in [5, 5.41) is 4.54. The number of hydrogen-bond donors (Lipinski definition) is 1. The molecular weight excluding hydrogens is 257 g/mol. The molecule has 0 spiro atoms. The largest absolute Gasteiger partial charge is 0.315 e. The van der Waals surface area contributed by atoms with Crippen molar-refractivity contribution in [2.45, 2.75) is 25.9 Å². The second-order valence-corrected chi connectivity index (χ2v) is 5.10. The first-order valence-corrected chi connectivity index (χ1v) is 6.71. The summed E-state index contributed by atoms with van der Waals surface area (Å²) < 4.78 is 0. The average molecular weight is 274 g/mol. The van der Waals surface area contributed by atoms with E-state index in [2.05, 4.69) is 22.1 Å². The van der Waals surface area contributed by atoms with Gasteiger partial charge in [0, 0.05) is 35.9 Å². The van der Waals surface area contributed by atoms with Crippen LogP contribution in [0.25, 0.3) is 0 Å². The van der Waals surface area contributed by atoms with Crippen LogP contribution in [0.3, 0.4) is 0 Å². The van der Waals surface area contributed by atoms with E-state index in [1.165, 1.54) is 6.42 Å². The number of nitrogens with one attached hydrogen (secondary N) is 1. The SMILES string of the molecule is CCN(Cc1cnc(Cl)cc1Cl)C1CCNC1. The molecule has 1 aromatic rings. The van der Waals surface area contributed by atoms with Crippen molar-refractivity contribution >= 4 is 23.2 Å². The Kier molecular flexibility index (Phi) is 4.62. The molecule has 3 nitrogen and oxygen atoms in total. The molecule has 1 saturated heterocycles. The molecule has 0 radical (unpaired) electrons. The van der Waals surface area contributed by atoms with Crippen molar-refractivity contribution in [2.24, 2.45) is 0 Å². The zero-order valence-electron chi connectivity index (χ0n) is 9.92. The van der Waals surface area contributed by atoms with Crippen LogP contribution in [0.5, 0.6) is 0 Å². The monoisotopic (exact) mass is 273 g/mol. The normalized spacial score (nSPS) is 20.1. The van der Waals surface area contributed by atoms with E-state index in [1.54, 1.807) is 12.3 Å². The van der Waals surface area contributed by atoms with E-state index in [0.29, 0.717) is 16.2 Å².